The highest BCUT2D eigenvalue weighted by atomic mass is 16.5. The molecule has 1 aromatic heterocycles. The third-order valence-corrected chi connectivity index (χ3v) is 3.19. The van der Waals surface area contributed by atoms with Crippen LogP contribution in [0.1, 0.15) is 20.7 Å². The van der Waals surface area contributed by atoms with Gasteiger partial charge in [-0.05, 0) is 30.3 Å². The maximum Gasteiger partial charge on any atom is 0.349 e. The molecule has 1 heterocycles. The highest BCUT2D eigenvalue weighted by Crippen LogP contribution is 2.21. The lowest BCUT2D eigenvalue weighted by Crippen LogP contribution is -2.20. The number of hydrogen-bond acceptors (Lipinski definition) is 5. The van der Waals surface area contributed by atoms with Gasteiger partial charge in [0, 0.05) is 11.5 Å². The van der Waals surface area contributed by atoms with Crippen molar-refractivity contribution in [1.82, 2.24) is 0 Å². The number of carbonyl (C=O) groups excluding carboxylic acids is 2. The first-order chi connectivity index (χ1) is 11.0. The molecule has 2 N–H and O–H groups in total. The normalized spacial score (nSPS) is 10.4. The zero-order valence-corrected chi connectivity index (χ0v) is 11.8. The molecule has 0 spiro atoms. The highest BCUT2D eigenvalue weighted by Gasteiger charge is 2.12. The van der Waals surface area contributed by atoms with Crippen LogP contribution in [0.3, 0.4) is 0 Å². The van der Waals surface area contributed by atoms with E-state index in [9.17, 15) is 14.4 Å². The molecule has 0 aliphatic rings. The summed E-state index contributed by atoms with van der Waals surface area (Å²) in [5.41, 5.74) is 4.62. The summed E-state index contributed by atoms with van der Waals surface area (Å²) in [6, 6.07) is 14.3. The van der Waals surface area contributed by atoms with E-state index in [-0.39, 0.29) is 16.9 Å². The Balaban J connectivity index is 1.94. The average molecular weight is 309 g/mol. The lowest BCUT2D eigenvalue weighted by atomic mass is 10.1. The number of esters is 1. The third kappa shape index (κ3) is 2.96. The molecule has 0 saturated heterocycles. The van der Waals surface area contributed by atoms with Gasteiger partial charge in [0.05, 0.1) is 5.56 Å². The van der Waals surface area contributed by atoms with E-state index in [1.807, 2.05) is 0 Å². The molecular weight excluding hydrogens is 298 g/mol. The first-order valence-corrected chi connectivity index (χ1v) is 6.69. The van der Waals surface area contributed by atoms with Gasteiger partial charge in [-0.2, -0.15) is 0 Å². The number of ether oxygens (including phenoxy) is 1. The average Bonchev–Trinajstić information content (AvgIpc) is 2.54. The summed E-state index contributed by atoms with van der Waals surface area (Å²) >= 11 is 0. The van der Waals surface area contributed by atoms with Crippen LogP contribution in [0.2, 0.25) is 0 Å². The van der Waals surface area contributed by atoms with E-state index in [2.05, 4.69) is 0 Å². The van der Waals surface area contributed by atoms with E-state index in [1.54, 1.807) is 36.4 Å². The van der Waals surface area contributed by atoms with Crippen molar-refractivity contribution in [2.75, 3.05) is 0 Å². The monoisotopic (exact) mass is 309 g/mol. The van der Waals surface area contributed by atoms with Crippen LogP contribution in [0.4, 0.5) is 0 Å². The number of amides is 1. The summed E-state index contributed by atoms with van der Waals surface area (Å²) in [7, 11) is 0. The summed E-state index contributed by atoms with van der Waals surface area (Å²) in [5.74, 6) is -1.16. The SMILES string of the molecule is NC(=O)c1cc2ccc(OC(=O)c3ccccc3)cc2oc1=O. The minimum absolute atomic E-state index is 0.193. The molecule has 0 unspecified atom stereocenters. The van der Waals surface area contributed by atoms with Crippen LogP contribution in [-0.2, 0) is 0 Å². The van der Waals surface area contributed by atoms with E-state index in [0.717, 1.165) is 0 Å². The summed E-state index contributed by atoms with van der Waals surface area (Å²) in [6.45, 7) is 0. The van der Waals surface area contributed by atoms with E-state index >= 15 is 0 Å². The van der Waals surface area contributed by atoms with E-state index in [0.29, 0.717) is 10.9 Å². The molecule has 2 aromatic carbocycles. The van der Waals surface area contributed by atoms with Crippen molar-refractivity contribution >= 4 is 22.8 Å². The Hall–Kier alpha value is -3.41. The molecule has 1 amide bonds. The summed E-state index contributed by atoms with van der Waals surface area (Å²) in [5, 5.41) is 0.498. The number of nitrogens with two attached hydrogens (primary N) is 1. The quantitative estimate of drug-likeness (QED) is 0.454. The summed E-state index contributed by atoms with van der Waals surface area (Å²) in [6.07, 6.45) is 0. The van der Waals surface area contributed by atoms with Gasteiger partial charge in [-0.15, -0.1) is 0 Å². The van der Waals surface area contributed by atoms with Gasteiger partial charge in [0.15, 0.2) is 0 Å². The van der Waals surface area contributed by atoms with Gasteiger partial charge in [-0.3, -0.25) is 4.79 Å². The Bertz CT molecular complexity index is 960. The molecule has 0 fully saturated rings. The molecule has 0 bridgehead atoms. The molecule has 23 heavy (non-hydrogen) atoms. The first-order valence-electron chi connectivity index (χ1n) is 6.69. The Kier molecular flexibility index (Phi) is 3.64. The number of benzene rings is 2. The predicted octanol–water partition coefficient (Wildman–Crippen LogP) is 2.11. The van der Waals surface area contributed by atoms with Gasteiger partial charge in [0.25, 0.3) is 5.91 Å². The minimum atomic E-state index is -0.861. The third-order valence-electron chi connectivity index (χ3n) is 3.19. The molecule has 0 aliphatic carbocycles. The molecule has 0 aliphatic heterocycles. The minimum Gasteiger partial charge on any atom is -0.423 e. The fourth-order valence-corrected chi connectivity index (χ4v) is 2.07. The van der Waals surface area contributed by atoms with Crippen LogP contribution in [0, 0.1) is 0 Å². The molecule has 6 heteroatoms. The van der Waals surface area contributed by atoms with Crippen LogP contribution in [0.25, 0.3) is 11.0 Å². The number of primary amides is 1. The van der Waals surface area contributed by atoms with Gasteiger partial charge in [-0.25, -0.2) is 9.59 Å². The lowest BCUT2D eigenvalue weighted by Gasteiger charge is -2.05. The second-order valence-corrected chi connectivity index (χ2v) is 4.77. The van der Waals surface area contributed by atoms with Gasteiger partial charge in [0.1, 0.15) is 16.9 Å². The van der Waals surface area contributed by atoms with Crippen molar-refractivity contribution in [3.05, 3.63) is 76.1 Å². The fraction of sp³-hybridized carbons (Fsp3) is 0. The largest absolute Gasteiger partial charge is 0.423 e. The number of hydrogen-bond donors (Lipinski definition) is 1. The smallest absolute Gasteiger partial charge is 0.349 e. The van der Waals surface area contributed by atoms with Gasteiger partial charge < -0.3 is 14.9 Å². The lowest BCUT2D eigenvalue weighted by molar-refractivity contribution is 0.0734. The fourth-order valence-electron chi connectivity index (χ4n) is 2.07. The summed E-state index contributed by atoms with van der Waals surface area (Å²) < 4.78 is 10.3. The van der Waals surface area contributed by atoms with Crippen LogP contribution < -0.4 is 16.1 Å². The molecule has 0 radical (unpaired) electrons. The number of fused-ring (bicyclic) bond motifs is 1. The zero-order valence-electron chi connectivity index (χ0n) is 11.8. The molecule has 3 rings (SSSR count). The molecule has 0 saturated carbocycles. The van der Waals surface area contributed by atoms with Crippen molar-refractivity contribution < 1.29 is 18.7 Å². The second kappa shape index (κ2) is 5.76. The number of carbonyl (C=O) groups is 2. The standard InChI is InChI=1S/C17H11NO5/c18-15(19)13-8-11-6-7-12(9-14(11)23-17(13)21)22-16(20)10-4-2-1-3-5-10/h1-9H,(H2,18,19). The first kappa shape index (κ1) is 14.5. The molecule has 114 valence electrons. The van der Waals surface area contributed by atoms with Gasteiger partial charge >= 0.3 is 11.6 Å². The van der Waals surface area contributed by atoms with Crippen molar-refractivity contribution in [3.8, 4) is 5.75 Å². The van der Waals surface area contributed by atoms with Crippen LogP contribution in [-0.4, -0.2) is 11.9 Å². The van der Waals surface area contributed by atoms with Crippen molar-refractivity contribution in [3.63, 3.8) is 0 Å². The maximum atomic E-state index is 12.0. The van der Waals surface area contributed by atoms with E-state index in [4.69, 9.17) is 14.9 Å². The van der Waals surface area contributed by atoms with Gasteiger partial charge in [0.2, 0.25) is 0 Å². The predicted molar refractivity (Wildman–Crippen MR) is 82.4 cm³/mol. The molecule has 3 aromatic rings. The Morgan fingerprint density at radius 1 is 1.00 bits per heavy atom. The molecule has 6 nitrogen and oxygen atoms in total. The number of rotatable bonds is 3. The topological polar surface area (TPSA) is 99.6 Å². The van der Waals surface area contributed by atoms with Crippen molar-refractivity contribution in [2.24, 2.45) is 5.73 Å². The van der Waals surface area contributed by atoms with Crippen LogP contribution in [0.5, 0.6) is 5.75 Å². The van der Waals surface area contributed by atoms with Gasteiger partial charge in [-0.1, -0.05) is 18.2 Å². The Labute approximate surface area is 130 Å². The maximum absolute atomic E-state index is 12.0. The van der Waals surface area contributed by atoms with E-state index in [1.165, 1.54) is 18.2 Å². The Morgan fingerprint density at radius 2 is 1.74 bits per heavy atom. The highest BCUT2D eigenvalue weighted by molar-refractivity contribution is 5.96. The van der Waals surface area contributed by atoms with Crippen molar-refractivity contribution in [1.29, 1.82) is 0 Å². The van der Waals surface area contributed by atoms with Crippen molar-refractivity contribution in [2.45, 2.75) is 0 Å². The van der Waals surface area contributed by atoms with E-state index < -0.39 is 17.5 Å². The van der Waals surface area contributed by atoms with Crippen LogP contribution >= 0.6 is 0 Å². The van der Waals surface area contributed by atoms with Crippen LogP contribution in [0.15, 0.2) is 63.8 Å². The Morgan fingerprint density at radius 3 is 2.43 bits per heavy atom. The molecular formula is C17H11NO5. The molecule has 0 atom stereocenters. The second-order valence-electron chi connectivity index (χ2n) is 4.77. The summed E-state index contributed by atoms with van der Waals surface area (Å²) in [4.78, 5) is 34.8. The zero-order chi connectivity index (χ0) is 16.4.